The third kappa shape index (κ3) is 6.85. The number of nitrogens with zero attached hydrogens (tertiary/aromatic N) is 2. The quantitative estimate of drug-likeness (QED) is 0.191. The van der Waals surface area contributed by atoms with E-state index in [1.165, 1.54) is 12.1 Å². The van der Waals surface area contributed by atoms with Gasteiger partial charge in [0, 0.05) is 32.3 Å². The van der Waals surface area contributed by atoms with Crippen molar-refractivity contribution in [3.05, 3.63) is 52.1 Å². The Labute approximate surface area is 130 Å². The third-order valence-corrected chi connectivity index (χ3v) is 2.72. The molecule has 0 bridgehead atoms. The average Bonchev–Trinajstić information content (AvgIpc) is 2.49. The molecule has 7 nitrogen and oxygen atoms in total. The molecule has 7 heteroatoms. The molecule has 1 rings (SSSR count). The molecule has 0 spiro atoms. The lowest BCUT2D eigenvalue weighted by Gasteiger charge is -2.12. The second kappa shape index (κ2) is 9.51. The number of rotatable bonds is 8. The molecule has 22 heavy (non-hydrogen) atoms. The van der Waals surface area contributed by atoms with Crippen LogP contribution in [-0.2, 0) is 11.3 Å². The number of guanidine groups is 1. The standard InChI is InChI=1S/C15H22N4O3/c1-12(2)10-17-15(16-8-9-22-3)18-11-13-4-6-14(7-5-13)19(20)21/h4-7H,1,8-11H2,2-3H3,(H2,16,17,18). The zero-order valence-corrected chi connectivity index (χ0v) is 13.0. The van der Waals surface area contributed by atoms with E-state index in [1.54, 1.807) is 19.2 Å². The van der Waals surface area contributed by atoms with Gasteiger partial charge in [-0.05, 0) is 12.5 Å². The van der Waals surface area contributed by atoms with Gasteiger partial charge < -0.3 is 15.4 Å². The fraction of sp³-hybridized carbons (Fsp3) is 0.400. The second-order valence-corrected chi connectivity index (χ2v) is 4.82. The molecule has 120 valence electrons. The van der Waals surface area contributed by atoms with E-state index in [-0.39, 0.29) is 5.69 Å². The number of methoxy groups -OCH3 is 1. The van der Waals surface area contributed by atoms with Crippen molar-refractivity contribution in [3.8, 4) is 0 Å². The molecule has 0 fully saturated rings. The molecular weight excluding hydrogens is 284 g/mol. The number of aliphatic imine (C=N–C) groups is 1. The van der Waals surface area contributed by atoms with Gasteiger partial charge in [-0.3, -0.25) is 10.1 Å². The molecule has 1 aromatic carbocycles. The summed E-state index contributed by atoms with van der Waals surface area (Å²) in [5, 5.41) is 16.9. The van der Waals surface area contributed by atoms with Gasteiger partial charge in [0.15, 0.2) is 5.96 Å². The predicted octanol–water partition coefficient (Wildman–Crippen LogP) is 1.85. The van der Waals surface area contributed by atoms with Crippen molar-refractivity contribution in [2.45, 2.75) is 13.5 Å². The van der Waals surface area contributed by atoms with Crippen molar-refractivity contribution in [2.75, 3.05) is 26.8 Å². The summed E-state index contributed by atoms with van der Waals surface area (Å²) >= 11 is 0. The lowest BCUT2D eigenvalue weighted by molar-refractivity contribution is -0.384. The van der Waals surface area contributed by atoms with Gasteiger partial charge >= 0.3 is 0 Å². The average molecular weight is 306 g/mol. The van der Waals surface area contributed by atoms with Crippen LogP contribution in [0.15, 0.2) is 41.4 Å². The van der Waals surface area contributed by atoms with Crippen molar-refractivity contribution in [1.29, 1.82) is 0 Å². The minimum atomic E-state index is -0.417. The predicted molar refractivity (Wildman–Crippen MR) is 86.9 cm³/mol. The molecule has 0 saturated heterocycles. The summed E-state index contributed by atoms with van der Waals surface area (Å²) in [6.45, 7) is 8.02. The van der Waals surface area contributed by atoms with Crippen molar-refractivity contribution in [2.24, 2.45) is 4.99 Å². The zero-order chi connectivity index (χ0) is 16.4. The number of nitro groups is 1. The van der Waals surface area contributed by atoms with Crippen LogP contribution in [0.5, 0.6) is 0 Å². The number of nitro benzene ring substituents is 1. The first-order valence-corrected chi connectivity index (χ1v) is 6.91. The SMILES string of the molecule is C=C(C)CNC(=NCc1ccc([N+](=O)[O-])cc1)NCCOC. The van der Waals surface area contributed by atoms with Crippen molar-refractivity contribution in [1.82, 2.24) is 10.6 Å². The van der Waals surface area contributed by atoms with Gasteiger partial charge in [-0.15, -0.1) is 0 Å². The van der Waals surface area contributed by atoms with E-state index in [4.69, 9.17) is 4.74 Å². The van der Waals surface area contributed by atoms with E-state index in [0.717, 1.165) is 11.1 Å². The topological polar surface area (TPSA) is 88.8 Å². The first-order chi connectivity index (χ1) is 10.5. The third-order valence-electron chi connectivity index (χ3n) is 2.72. The maximum absolute atomic E-state index is 10.6. The Kier molecular flexibility index (Phi) is 7.63. The Bertz CT molecular complexity index is 526. The van der Waals surface area contributed by atoms with Crippen LogP contribution >= 0.6 is 0 Å². The van der Waals surface area contributed by atoms with Gasteiger partial charge in [0.05, 0.1) is 18.1 Å². The fourth-order valence-corrected chi connectivity index (χ4v) is 1.57. The van der Waals surface area contributed by atoms with Gasteiger partial charge in [-0.25, -0.2) is 4.99 Å². The van der Waals surface area contributed by atoms with Crippen LogP contribution in [0.3, 0.4) is 0 Å². The number of nitrogens with one attached hydrogen (secondary N) is 2. The van der Waals surface area contributed by atoms with Crippen molar-refractivity contribution < 1.29 is 9.66 Å². The summed E-state index contributed by atoms with van der Waals surface area (Å²) in [5.74, 6) is 0.651. The summed E-state index contributed by atoms with van der Waals surface area (Å²) in [6.07, 6.45) is 0. The van der Waals surface area contributed by atoms with Gasteiger partial charge in [-0.1, -0.05) is 24.3 Å². The van der Waals surface area contributed by atoms with Crippen LogP contribution in [0.1, 0.15) is 12.5 Å². The second-order valence-electron chi connectivity index (χ2n) is 4.82. The number of hydrogen-bond acceptors (Lipinski definition) is 4. The van der Waals surface area contributed by atoms with E-state index in [9.17, 15) is 10.1 Å². The molecule has 0 aliphatic carbocycles. The van der Waals surface area contributed by atoms with Crippen LogP contribution in [-0.4, -0.2) is 37.7 Å². The Hall–Kier alpha value is -2.41. The smallest absolute Gasteiger partial charge is 0.269 e. The molecule has 0 aromatic heterocycles. The lowest BCUT2D eigenvalue weighted by atomic mass is 10.2. The molecule has 0 aliphatic heterocycles. The van der Waals surface area contributed by atoms with E-state index in [0.29, 0.717) is 32.2 Å². The summed E-state index contributed by atoms with van der Waals surface area (Å²) in [6, 6.07) is 6.36. The van der Waals surface area contributed by atoms with Gasteiger partial charge in [0.1, 0.15) is 0 Å². The maximum Gasteiger partial charge on any atom is 0.269 e. The van der Waals surface area contributed by atoms with Gasteiger partial charge in [0.2, 0.25) is 0 Å². The van der Waals surface area contributed by atoms with Crippen LogP contribution in [0, 0.1) is 10.1 Å². The van der Waals surface area contributed by atoms with E-state index >= 15 is 0 Å². The first kappa shape index (κ1) is 17.6. The molecular formula is C15H22N4O3. The number of benzene rings is 1. The van der Waals surface area contributed by atoms with E-state index in [2.05, 4.69) is 22.2 Å². The Balaban J connectivity index is 2.64. The van der Waals surface area contributed by atoms with Crippen LogP contribution in [0.4, 0.5) is 5.69 Å². The van der Waals surface area contributed by atoms with Gasteiger partial charge in [0.25, 0.3) is 5.69 Å². The molecule has 0 aliphatic rings. The lowest BCUT2D eigenvalue weighted by Crippen LogP contribution is -2.39. The van der Waals surface area contributed by atoms with Gasteiger partial charge in [-0.2, -0.15) is 0 Å². The highest BCUT2D eigenvalue weighted by Crippen LogP contribution is 2.12. The molecule has 0 radical (unpaired) electrons. The summed E-state index contributed by atoms with van der Waals surface area (Å²) < 4.78 is 4.99. The molecule has 0 heterocycles. The number of non-ortho nitro benzene ring substituents is 1. The highest BCUT2D eigenvalue weighted by molar-refractivity contribution is 5.80. The minimum absolute atomic E-state index is 0.0755. The molecule has 0 unspecified atom stereocenters. The highest BCUT2D eigenvalue weighted by atomic mass is 16.6. The van der Waals surface area contributed by atoms with Crippen LogP contribution in [0.2, 0.25) is 0 Å². The Morgan fingerprint density at radius 3 is 2.59 bits per heavy atom. The molecule has 0 atom stereocenters. The van der Waals surface area contributed by atoms with E-state index < -0.39 is 4.92 Å². The van der Waals surface area contributed by atoms with Crippen LogP contribution < -0.4 is 10.6 Å². The fourth-order valence-electron chi connectivity index (χ4n) is 1.57. The summed E-state index contributed by atoms with van der Waals surface area (Å²) in [5.41, 5.74) is 1.97. The zero-order valence-electron chi connectivity index (χ0n) is 13.0. The maximum atomic E-state index is 10.6. The minimum Gasteiger partial charge on any atom is -0.383 e. The van der Waals surface area contributed by atoms with Crippen molar-refractivity contribution >= 4 is 11.6 Å². The van der Waals surface area contributed by atoms with Crippen molar-refractivity contribution in [3.63, 3.8) is 0 Å². The first-order valence-electron chi connectivity index (χ1n) is 6.91. The number of hydrogen-bond donors (Lipinski definition) is 2. The summed E-state index contributed by atoms with van der Waals surface area (Å²) in [7, 11) is 1.64. The Morgan fingerprint density at radius 2 is 2.05 bits per heavy atom. The number of ether oxygens (including phenoxy) is 1. The normalized spacial score (nSPS) is 11.1. The largest absolute Gasteiger partial charge is 0.383 e. The Morgan fingerprint density at radius 1 is 1.36 bits per heavy atom. The molecule has 0 amide bonds. The monoisotopic (exact) mass is 306 g/mol. The molecule has 1 aromatic rings. The van der Waals surface area contributed by atoms with E-state index in [1.807, 2.05) is 6.92 Å². The summed E-state index contributed by atoms with van der Waals surface area (Å²) in [4.78, 5) is 14.6. The molecule has 0 saturated carbocycles. The van der Waals surface area contributed by atoms with Crippen LogP contribution in [0.25, 0.3) is 0 Å². The molecule has 2 N–H and O–H groups in total. The highest BCUT2D eigenvalue weighted by Gasteiger charge is 2.04.